The SMILES string of the molecule is O=C1Nc2ccc(F)cc2C1C=Nc1ccc(OCCCN2CCCCC2)cc1. The van der Waals surface area contributed by atoms with E-state index in [1.165, 1.54) is 44.5 Å². The number of rotatable bonds is 7. The Morgan fingerprint density at radius 2 is 1.93 bits per heavy atom. The summed E-state index contributed by atoms with van der Waals surface area (Å²) >= 11 is 0. The summed E-state index contributed by atoms with van der Waals surface area (Å²) in [6.07, 6.45) is 6.57. The lowest BCUT2D eigenvalue weighted by atomic mass is 10.0. The topological polar surface area (TPSA) is 53.9 Å². The van der Waals surface area contributed by atoms with Gasteiger partial charge in [0.1, 0.15) is 17.5 Å². The highest BCUT2D eigenvalue weighted by molar-refractivity contribution is 6.12. The molecule has 0 spiro atoms. The van der Waals surface area contributed by atoms with Gasteiger partial charge in [0.2, 0.25) is 5.91 Å². The van der Waals surface area contributed by atoms with Crippen molar-refractivity contribution >= 4 is 23.5 Å². The maximum Gasteiger partial charge on any atom is 0.237 e. The Kier molecular flexibility index (Phi) is 6.20. The van der Waals surface area contributed by atoms with Gasteiger partial charge in [-0.2, -0.15) is 0 Å². The predicted molar refractivity (Wildman–Crippen MR) is 113 cm³/mol. The van der Waals surface area contributed by atoms with E-state index in [1.54, 1.807) is 12.3 Å². The van der Waals surface area contributed by atoms with Crippen LogP contribution in [0, 0.1) is 5.82 Å². The molecule has 0 saturated carbocycles. The van der Waals surface area contributed by atoms with Gasteiger partial charge < -0.3 is 15.0 Å². The Bertz CT molecular complexity index is 876. The highest BCUT2D eigenvalue weighted by atomic mass is 19.1. The number of aliphatic imine (C=N–C) groups is 1. The van der Waals surface area contributed by atoms with Crippen LogP contribution >= 0.6 is 0 Å². The molecule has 2 aliphatic rings. The summed E-state index contributed by atoms with van der Waals surface area (Å²) in [6, 6.07) is 11.8. The third-order valence-corrected chi connectivity index (χ3v) is 5.43. The van der Waals surface area contributed by atoms with E-state index in [2.05, 4.69) is 15.2 Å². The minimum absolute atomic E-state index is 0.192. The van der Waals surface area contributed by atoms with E-state index >= 15 is 0 Å². The molecule has 1 fully saturated rings. The first-order chi connectivity index (χ1) is 14.2. The number of likely N-dealkylation sites (tertiary alicyclic amines) is 1. The van der Waals surface area contributed by atoms with Crippen molar-refractivity contribution in [1.82, 2.24) is 4.90 Å². The highest BCUT2D eigenvalue weighted by Gasteiger charge is 2.29. The molecule has 1 unspecified atom stereocenters. The Morgan fingerprint density at radius 3 is 2.72 bits per heavy atom. The fraction of sp³-hybridized carbons (Fsp3) is 0.391. The second kappa shape index (κ2) is 9.18. The van der Waals surface area contributed by atoms with Crippen molar-refractivity contribution in [2.24, 2.45) is 4.99 Å². The molecule has 1 atom stereocenters. The van der Waals surface area contributed by atoms with Gasteiger partial charge in [-0.25, -0.2) is 4.39 Å². The minimum Gasteiger partial charge on any atom is -0.494 e. The molecule has 1 saturated heterocycles. The number of carbonyl (C=O) groups is 1. The molecule has 1 N–H and O–H groups in total. The average Bonchev–Trinajstić information content (AvgIpc) is 3.05. The second-order valence-electron chi connectivity index (χ2n) is 7.57. The van der Waals surface area contributed by atoms with Crippen molar-refractivity contribution in [3.8, 4) is 5.75 Å². The molecule has 2 aromatic rings. The molecule has 6 heteroatoms. The molecule has 0 bridgehead atoms. The summed E-state index contributed by atoms with van der Waals surface area (Å²) in [6.45, 7) is 4.21. The van der Waals surface area contributed by atoms with Gasteiger partial charge in [-0.15, -0.1) is 0 Å². The number of amides is 1. The predicted octanol–water partition coefficient (Wildman–Crippen LogP) is 4.52. The van der Waals surface area contributed by atoms with Gasteiger partial charge in [0.05, 0.1) is 12.3 Å². The number of anilines is 1. The maximum atomic E-state index is 13.5. The first kappa shape index (κ1) is 19.6. The lowest BCUT2D eigenvalue weighted by Gasteiger charge is -2.26. The lowest BCUT2D eigenvalue weighted by Crippen LogP contribution is -2.31. The summed E-state index contributed by atoms with van der Waals surface area (Å²) < 4.78 is 19.3. The number of hydrogen-bond acceptors (Lipinski definition) is 4. The highest BCUT2D eigenvalue weighted by Crippen LogP contribution is 2.32. The van der Waals surface area contributed by atoms with Gasteiger partial charge in [-0.3, -0.25) is 9.79 Å². The van der Waals surface area contributed by atoms with Crippen LogP contribution in [0.4, 0.5) is 15.8 Å². The van der Waals surface area contributed by atoms with Crippen LogP contribution in [0.1, 0.15) is 37.2 Å². The summed E-state index contributed by atoms with van der Waals surface area (Å²) in [4.78, 5) is 19.0. The van der Waals surface area contributed by atoms with Gasteiger partial charge in [-0.05, 0) is 80.4 Å². The van der Waals surface area contributed by atoms with Gasteiger partial charge >= 0.3 is 0 Å². The summed E-state index contributed by atoms with van der Waals surface area (Å²) in [5.41, 5.74) is 1.98. The fourth-order valence-electron chi connectivity index (χ4n) is 3.85. The minimum atomic E-state index is -0.577. The molecule has 2 heterocycles. The zero-order valence-corrected chi connectivity index (χ0v) is 16.4. The number of fused-ring (bicyclic) bond motifs is 1. The molecule has 1 amide bonds. The lowest BCUT2D eigenvalue weighted by molar-refractivity contribution is -0.115. The Balaban J connectivity index is 1.28. The first-order valence-electron chi connectivity index (χ1n) is 10.3. The van der Waals surface area contributed by atoms with Crippen LogP contribution in [0.5, 0.6) is 5.75 Å². The number of nitrogens with one attached hydrogen (secondary N) is 1. The molecular weight excluding hydrogens is 369 g/mol. The molecule has 29 heavy (non-hydrogen) atoms. The molecule has 2 aliphatic heterocycles. The largest absolute Gasteiger partial charge is 0.494 e. The van der Waals surface area contributed by atoms with Crippen LogP contribution < -0.4 is 10.1 Å². The van der Waals surface area contributed by atoms with Crippen molar-refractivity contribution in [2.45, 2.75) is 31.6 Å². The zero-order chi connectivity index (χ0) is 20.1. The maximum absolute atomic E-state index is 13.5. The molecule has 0 aromatic heterocycles. The van der Waals surface area contributed by atoms with Crippen LogP contribution in [0.25, 0.3) is 0 Å². The summed E-state index contributed by atoms with van der Waals surface area (Å²) in [5.74, 6) is -0.316. The molecule has 2 aromatic carbocycles. The van der Waals surface area contributed by atoms with Crippen LogP contribution in [0.2, 0.25) is 0 Å². The number of carbonyl (C=O) groups excluding carboxylic acids is 1. The number of ether oxygens (including phenoxy) is 1. The smallest absolute Gasteiger partial charge is 0.237 e. The first-order valence-corrected chi connectivity index (χ1v) is 10.3. The number of halogens is 1. The van der Waals surface area contributed by atoms with Gasteiger partial charge in [0.15, 0.2) is 0 Å². The number of hydrogen-bond donors (Lipinski definition) is 1. The summed E-state index contributed by atoms with van der Waals surface area (Å²) in [7, 11) is 0. The van der Waals surface area contributed by atoms with E-state index in [1.807, 2.05) is 24.3 Å². The van der Waals surface area contributed by atoms with E-state index in [4.69, 9.17) is 4.74 Å². The molecule has 4 rings (SSSR count). The van der Waals surface area contributed by atoms with Crippen molar-refractivity contribution in [3.05, 3.63) is 53.8 Å². The monoisotopic (exact) mass is 395 g/mol. The number of benzene rings is 2. The normalized spacial score (nSPS) is 19.3. The van der Waals surface area contributed by atoms with Crippen molar-refractivity contribution in [1.29, 1.82) is 0 Å². The number of nitrogens with zero attached hydrogens (tertiary/aromatic N) is 2. The van der Waals surface area contributed by atoms with E-state index in [-0.39, 0.29) is 11.7 Å². The van der Waals surface area contributed by atoms with Crippen LogP contribution in [0.3, 0.4) is 0 Å². The van der Waals surface area contributed by atoms with Gasteiger partial charge in [-0.1, -0.05) is 6.42 Å². The summed E-state index contributed by atoms with van der Waals surface area (Å²) in [5, 5.41) is 2.75. The standard InChI is InChI=1S/C23H26FN3O2/c24-17-5-10-22-20(15-17)21(23(28)26-22)16-25-18-6-8-19(9-7-18)29-14-4-13-27-11-2-1-3-12-27/h5-10,15-16,21H,1-4,11-14H2,(H,26,28). The van der Waals surface area contributed by atoms with Crippen molar-refractivity contribution in [3.63, 3.8) is 0 Å². The van der Waals surface area contributed by atoms with E-state index < -0.39 is 5.92 Å². The van der Waals surface area contributed by atoms with E-state index in [0.29, 0.717) is 17.9 Å². The van der Waals surface area contributed by atoms with Crippen molar-refractivity contribution < 1.29 is 13.9 Å². The third-order valence-electron chi connectivity index (χ3n) is 5.43. The van der Waals surface area contributed by atoms with Crippen LogP contribution in [-0.2, 0) is 4.79 Å². The Hall–Kier alpha value is -2.73. The van der Waals surface area contributed by atoms with Crippen LogP contribution in [0.15, 0.2) is 47.5 Å². The third kappa shape index (κ3) is 5.01. The quantitative estimate of drug-likeness (QED) is 0.554. The molecule has 152 valence electrons. The molecule has 5 nitrogen and oxygen atoms in total. The van der Waals surface area contributed by atoms with Crippen molar-refractivity contribution in [2.75, 3.05) is 31.6 Å². The van der Waals surface area contributed by atoms with Gasteiger partial charge in [0.25, 0.3) is 0 Å². The average molecular weight is 395 g/mol. The number of piperidine rings is 1. The molecular formula is C23H26FN3O2. The molecule has 0 aliphatic carbocycles. The zero-order valence-electron chi connectivity index (χ0n) is 16.4. The Labute approximate surface area is 170 Å². The van der Waals surface area contributed by atoms with E-state index in [9.17, 15) is 9.18 Å². The van der Waals surface area contributed by atoms with Gasteiger partial charge in [0, 0.05) is 18.4 Å². The Morgan fingerprint density at radius 1 is 1.14 bits per heavy atom. The fourth-order valence-corrected chi connectivity index (χ4v) is 3.85. The molecule has 0 radical (unpaired) electrons. The van der Waals surface area contributed by atoms with Crippen LogP contribution in [-0.4, -0.2) is 43.3 Å². The second-order valence-corrected chi connectivity index (χ2v) is 7.57. The van der Waals surface area contributed by atoms with E-state index in [0.717, 1.165) is 24.4 Å².